The van der Waals surface area contributed by atoms with Gasteiger partial charge in [-0.2, -0.15) is 5.26 Å². The lowest BCUT2D eigenvalue weighted by Crippen LogP contribution is -2.35. The number of nitrogens with zero attached hydrogens (tertiary/aromatic N) is 4. The van der Waals surface area contributed by atoms with E-state index in [0.29, 0.717) is 32.0 Å². The molecule has 2 fully saturated rings. The van der Waals surface area contributed by atoms with E-state index in [1.807, 2.05) is 43.3 Å². The first-order valence-corrected chi connectivity index (χ1v) is 12.9. The van der Waals surface area contributed by atoms with Gasteiger partial charge < -0.3 is 23.4 Å². The van der Waals surface area contributed by atoms with Gasteiger partial charge >= 0.3 is 0 Å². The maximum atomic E-state index is 13.2. The van der Waals surface area contributed by atoms with Crippen LogP contribution in [0.3, 0.4) is 0 Å². The van der Waals surface area contributed by atoms with E-state index in [1.165, 1.54) is 0 Å². The minimum atomic E-state index is -0.287. The highest BCUT2D eigenvalue weighted by Gasteiger charge is 2.28. The summed E-state index contributed by atoms with van der Waals surface area (Å²) in [5.41, 5.74) is 4.23. The van der Waals surface area contributed by atoms with Gasteiger partial charge in [-0.1, -0.05) is 6.07 Å². The molecule has 190 valence electrons. The van der Waals surface area contributed by atoms with Crippen molar-refractivity contribution in [2.45, 2.75) is 44.6 Å². The maximum Gasteiger partial charge on any atom is 0.270 e. The molecule has 0 spiro atoms. The van der Waals surface area contributed by atoms with E-state index in [9.17, 15) is 10.1 Å². The van der Waals surface area contributed by atoms with Crippen LogP contribution in [0.2, 0.25) is 0 Å². The first kappa shape index (κ1) is 23.6. The Balaban J connectivity index is 1.30. The molecule has 2 saturated heterocycles. The van der Waals surface area contributed by atoms with Crippen molar-refractivity contribution in [2.75, 3.05) is 31.2 Å². The fourth-order valence-corrected chi connectivity index (χ4v) is 5.57. The van der Waals surface area contributed by atoms with Gasteiger partial charge in [0.15, 0.2) is 11.5 Å². The molecular formula is C29H30N4O4. The summed E-state index contributed by atoms with van der Waals surface area (Å²) in [6.45, 7) is 4.87. The van der Waals surface area contributed by atoms with Crippen molar-refractivity contribution in [3.63, 3.8) is 0 Å². The molecule has 0 atom stereocenters. The number of aromatic nitrogens is 2. The topological polar surface area (TPSA) is 93.5 Å². The van der Waals surface area contributed by atoms with Crippen molar-refractivity contribution in [2.24, 2.45) is 7.05 Å². The molecular weight excluding hydrogens is 468 g/mol. The fourth-order valence-electron chi connectivity index (χ4n) is 5.57. The molecule has 2 aromatic carbocycles. The molecule has 37 heavy (non-hydrogen) atoms. The Kier molecular flexibility index (Phi) is 6.09. The van der Waals surface area contributed by atoms with Crippen LogP contribution >= 0.6 is 0 Å². The van der Waals surface area contributed by atoms with Crippen LogP contribution in [0.4, 0.5) is 5.69 Å². The number of hydrogen-bond donors (Lipinski definition) is 0. The molecule has 8 nitrogen and oxygen atoms in total. The second kappa shape index (κ2) is 9.56. The van der Waals surface area contributed by atoms with E-state index >= 15 is 0 Å². The zero-order chi connectivity index (χ0) is 25.5. The fraction of sp³-hybridized carbons (Fsp3) is 0.414. The SMILES string of the molecule is Cc1ccc2oc(C3CCN(c4c(C#N)c(=O)n(C)c5cc(OC6CCOCC6)ccc45)CC3)nc2c1. The molecule has 2 aromatic heterocycles. The Morgan fingerprint density at radius 3 is 2.62 bits per heavy atom. The second-order valence-corrected chi connectivity index (χ2v) is 10.1. The standard InChI is InChI=1S/C29H30N4O4/c1-18-3-6-26-24(15-18)31-28(37-26)19-7-11-33(12-8-19)27-22-5-4-21(36-20-9-13-35-14-10-20)16-25(22)32(2)29(34)23(27)17-30/h3-6,15-16,19-20H,7-14H2,1-2H3. The number of piperidine rings is 1. The largest absolute Gasteiger partial charge is 0.490 e. The molecule has 8 heteroatoms. The van der Waals surface area contributed by atoms with Crippen LogP contribution in [0.5, 0.6) is 5.75 Å². The van der Waals surface area contributed by atoms with Crippen LogP contribution in [-0.2, 0) is 11.8 Å². The van der Waals surface area contributed by atoms with Crippen molar-refractivity contribution in [3.8, 4) is 11.8 Å². The molecule has 4 aromatic rings. The zero-order valence-electron chi connectivity index (χ0n) is 21.2. The number of oxazole rings is 1. The van der Waals surface area contributed by atoms with Crippen molar-refractivity contribution in [1.29, 1.82) is 5.26 Å². The summed E-state index contributed by atoms with van der Waals surface area (Å²) in [5, 5.41) is 10.8. The third-order valence-corrected chi connectivity index (χ3v) is 7.64. The second-order valence-electron chi connectivity index (χ2n) is 10.1. The van der Waals surface area contributed by atoms with Crippen molar-refractivity contribution < 1.29 is 13.9 Å². The Bertz CT molecular complexity index is 1570. The molecule has 0 radical (unpaired) electrons. The van der Waals surface area contributed by atoms with Gasteiger partial charge in [0.1, 0.15) is 29.0 Å². The van der Waals surface area contributed by atoms with E-state index in [-0.39, 0.29) is 23.1 Å². The molecule has 0 aliphatic carbocycles. The maximum absolute atomic E-state index is 13.2. The van der Waals surface area contributed by atoms with E-state index in [4.69, 9.17) is 18.9 Å². The van der Waals surface area contributed by atoms with Gasteiger partial charge in [0, 0.05) is 50.3 Å². The average molecular weight is 499 g/mol. The average Bonchev–Trinajstić information content (AvgIpc) is 3.35. The van der Waals surface area contributed by atoms with E-state index < -0.39 is 0 Å². The first-order chi connectivity index (χ1) is 18.0. The predicted molar refractivity (Wildman–Crippen MR) is 141 cm³/mol. The summed E-state index contributed by atoms with van der Waals surface area (Å²) in [5.74, 6) is 1.70. The highest BCUT2D eigenvalue weighted by Crippen LogP contribution is 2.36. The van der Waals surface area contributed by atoms with Crippen LogP contribution in [0.15, 0.2) is 45.6 Å². The van der Waals surface area contributed by atoms with E-state index in [2.05, 4.69) is 11.0 Å². The van der Waals surface area contributed by atoms with Crippen LogP contribution in [-0.4, -0.2) is 42.0 Å². The predicted octanol–water partition coefficient (Wildman–Crippen LogP) is 4.80. The lowest BCUT2D eigenvalue weighted by Gasteiger charge is -2.34. The van der Waals surface area contributed by atoms with Crippen molar-refractivity contribution in [1.82, 2.24) is 9.55 Å². The Labute approximate surface area is 215 Å². The number of nitriles is 1. The summed E-state index contributed by atoms with van der Waals surface area (Å²) in [4.78, 5) is 20.1. The number of anilines is 1. The van der Waals surface area contributed by atoms with Crippen molar-refractivity contribution >= 4 is 27.7 Å². The van der Waals surface area contributed by atoms with Gasteiger partial charge in [0.05, 0.1) is 24.4 Å². The highest BCUT2D eigenvalue weighted by atomic mass is 16.5. The molecule has 0 saturated carbocycles. The number of benzene rings is 2. The number of hydrogen-bond acceptors (Lipinski definition) is 7. The summed E-state index contributed by atoms with van der Waals surface area (Å²) < 4.78 is 19.3. The molecule has 6 rings (SSSR count). The number of rotatable bonds is 4. The normalized spacial score (nSPS) is 17.4. The Morgan fingerprint density at radius 1 is 1.08 bits per heavy atom. The molecule has 2 aliphatic rings. The van der Waals surface area contributed by atoms with Crippen LogP contribution in [0.1, 0.15) is 48.6 Å². The monoisotopic (exact) mass is 498 g/mol. The van der Waals surface area contributed by atoms with Gasteiger partial charge in [0.2, 0.25) is 0 Å². The molecule has 0 bridgehead atoms. The lowest BCUT2D eigenvalue weighted by molar-refractivity contribution is 0.0256. The van der Waals surface area contributed by atoms with E-state index in [1.54, 1.807) is 11.6 Å². The van der Waals surface area contributed by atoms with Gasteiger partial charge in [-0.25, -0.2) is 4.98 Å². The number of aryl methyl sites for hydroxylation is 2. The van der Waals surface area contributed by atoms with Gasteiger partial charge in [0.25, 0.3) is 5.56 Å². The number of pyridine rings is 1. The third kappa shape index (κ3) is 4.34. The Hall–Kier alpha value is -3.83. The minimum Gasteiger partial charge on any atom is -0.490 e. The molecule has 2 aliphatic heterocycles. The highest BCUT2D eigenvalue weighted by molar-refractivity contribution is 5.95. The molecule has 0 N–H and O–H groups in total. The molecule has 0 amide bonds. The molecule has 4 heterocycles. The van der Waals surface area contributed by atoms with Gasteiger partial charge in [-0.3, -0.25) is 4.79 Å². The van der Waals surface area contributed by atoms with Crippen LogP contribution in [0, 0.1) is 18.3 Å². The van der Waals surface area contributed by atoms with E-state index in [0.717, 1.165) is 64.9 Å². The Morgan fingerprint density at radius 2 is 1.86 bits per heavy atom. The van der Waals surface area contributed by atoms with Crippen LogP contribution < -0.4 is 15.2 Å². The summed E-state index contributed by atoms with van der Waals surface area (Å²) in [6, 6.07) is 14.1. The van der Waals surface area contributed by atoms with Gasteiger partial charge in [-0.15, -0.1) is 0 Å². The zero-order valence-corrected chi connectivity index (χ0v) is 21.2. The summed E-state index contributed by atoms with van der Waals surface area (Å²) in [6.07, 6.45) is 3.47. The van der Waals surface area contributed by atoms with Crippen molar-refractivity contribution in [3.05, 3.63) is 63.8 Å². The quantitative estimate of drug-likeness (QED) is 0.399. The lowest BCUT2D eigenvalue weighted by atomic mass is 9.95. The summed E-state index contributed by atoms with van der Waals surface area (Å²) in [7, 11) is 1.72. The molecule has 0 unspecified atom stereocenters. The first-order valence-electron chi connectivity index (χ1n) is 12.9. The smallest absolute Gasteiger partial charge is 0.270 e. The minimum absolute atomic E-state index is 0.107. The van der Waals surface area contributed by atoms with Crippen LogP contribution in [0.25, 0.3) is 22.0 Å². The number of fused-ring (bicyclic) bond motifs is 2. The van der Waals surface area contributed by atoms with Gasteiger partial charge in [-0.05, 0) is 49.6 Å². The number of ether oxygens (including phenoxy) is 2. The third-order valence-electron chi connectivity index (χ3n) is 7.64. The summed E-state index contributed by atoms with van der Waals surface area (Å²) >= 11 is 0.